The van der Waals surface area contributed by atoms with Crippen LogP contribution in [0, 0.1) is 0 Å². The minimum atomic E-state index is -0.566. The van der Waals surface area contributed by atoms with Gasteiger partial charge in [0.1, 0.15) is 24.8 Å². The van der Waals surface area contributed by atoms with Crippen molar-refractivity contribution in [2.45, 2.75) is 6.10 Å². The average Bonchev–Trinajstić information content (AvgIpc) is 3.50. The van der Waals surface area contributed by atoms with Crippen LogP contribution in [0.2, 0.25) is 0 Å². The molecule has 0 spiro atoms. The Balaban J connectivity index is 1.21. The molecule has 9 nitrogen and oxygen atoms in total. The Morgan fingerprint density at radius 3 is 2.62 bits per heavy atom. The van der Waals surface area contributed by atoms with Gasteiger partial charge in [-0.3, -0.25) is 9.58 Å². The molecule has 1 unspecified atom stereocenters. The van der Waals surface area contributed by atoms with Gasteiger partial charge in [-0.1, -0.05) is 24.3 Å². The summed E-state index contributed by atoms with van der Waals surface area (Å²) in [5.74, 6) is 1.58. The van der Waals surface area contributed by atoms with Crippen LogP contribution in [-0.4, -0.2) is 80.4 Å². The van der Waals surface area contributed by atoms with Gasteiger partial charge in [-0.25, -0.2) is 5.10 Å². The van der Waals surface area contributed by atoms with Crippen molar-refractivity contribution >= 4 is 16.7 Å². The molecule has 0 radical (unpaired) electrons. The van der Waals surface area contributed by atoms with Crippen molar-refractivity contribution in [1.82, 2.24) is 29.9 Å². The molecule has 1 aliphatic rings. The van der Waals surface area contributed by atoms with Gasteiger partial charge < -0.3 is 14.7 Å². The van der Waals surface area contributed by atoms with Crippen molar-refractivity contribution in [3.8, 4) is 16.9 Å². The normalized spacial score (nSPS) is 15.9. The highest BCUT2D eigenvalue weighted by Gasteiger charge is 2.21. The largest absolute Gasteiger partial charge is 0.490 e. The van der Waals surface area contributed by atoms with Gasteiger partial charge in [-0.05, 0) is 23.1 Å². The Labute approximate surface area is 186 Å². The second-order valence-electron chi connectivity index (χ2n) is 8.12. The lowest BCUT2D eigenvalue weighted by Crippen LogP contribution is -2.49. The molecule has 32 heavy (non-hydrogen) atoms. The van der Waals surface area contributed by atoms with Crippen molar-refractivity contribution in [3.05, 3.63) is 55.1 Å². The number of nitrogens with one attached hydrogen (secondary N) is 1. The molecule has 2 aromatic heterocycles. The van der Waals surface area contributed by atoms with E-state index in [0.29, 0.717) is 6.54 Å². The van der Waals surface area contributed by atoms with Gasteiger partial charge in [-0.2, -0.15) is 15.2 Å². The zero-order valence-corrected chi connectivity index (χ0v) is 18.1. The first kappa shape index (κ1) is 20.5. The number of rotatable bonds is 7. The smallest absolute Gasteiger partial charge is 0.221 e. The van der Waals surface area contributed by atoms with Gasteiger partial charge in [0.15, 0.2) is 0 Å². The number of nitrogens with zero attached hydrogens (tertiary/aromatic N) is 6. The van der Waals surface area contributed by atoms with Crippen molar-refractivity contribution in [2.75, 3.05) is 44.2 Å². The first-order chi connectivity index (χ1) is 15.7. The summed E-state index contributed by atoms with van der Waals surface area (Å²) in [6, 6.07) is 12.2. The second-order valence-corrected chi connectivity index (χ2v) is 8.12. The van der Waals surface area contributed by atoms with E-state index >= 15 is 0 Å². The monoisotopic (exact) mass is 433 g/mol. The van der Waals surface area contributed by atoms with E-state index in [4.69, 9.17) is 4.74 Å². The molecule has 0 bridgehead atoms. The lowest BCUT2D eigenvalue weighted by atomic mass is 10.00. The Bertz CT molecular complexity index is 1170. The third-order valence-electron chi connectivity index (χ3n) is 5.87. The minimum Gasteiger partial charge on any atom is -0.490 e. The first-order valence-electron chi connectivity index (χ1n) is 10.8. The fraction of sp³-hybridized carbons (Fsp3) is 0.348. The summed E-state index contributed by atoms with van der Waals surface area (Å²) < 4.78 is 7.87. The molecule has 166 valence electrons. The van der Waals surface area contributed by atoms with Crippen molar-refractivity contribution < 1.29 is 9.84 Å². The summed E-state index contributed by atoms with van der Waals surface area (Å²) in [5, 5.41) is 23.8. The van der Waals surface area contributed by atoms with E-state index in [-0.39, 0.29) is 6.61 Å². The third-order valence-corrected chi connectivity index (χ3v) is 5.87. The van der Waals surface area contributed by atoms with Crippen LogP contribution in [-0.2, 0) is 7.05 Å². The summed E-state index contributed by atoms with van der Waals surface area (Å²) in [6.45, 7) is 4.25. The summed E-state index contributed by atoms with van der Waals surface area (Å²) in [6.07, 6.45) is 4.83. The van der Waals surface area contributed by atoms with E-state index in [1.54, 1.807) is 4.68 Å². The molecule has 0 aliphatic carbocycles. The van der Waals surface area contributed by atoms with Gasteiger partial charge in [0, 0.05) is 56.9 Å². The highest BCUT2D eigenvalue weighted by molar-refractivity contribution is 5.99. The topological polar surface area (TPSA) is 95.3 Å². The van der Waals surface area contributed by atoms with Crippen LogP contribution in [0.5, 0.6) is 5.75 Å². The second kappa shape index (κ2) is 8.97. The maximum absolute atomic E-state index is 10.6. The van der Waals surface area contributed by atoms with Crippen LogP contribution < -0.4 is 9.64 Å². The molecule has 1 saturated heterocycles. The minimum absolute atomic E-state index is 0.249. The van der Waals surface area contributed by atoms with E-state index in [9.17, 15) is 5.11 Å². The molecule has 1 atom stereocenters. The molecular weight excluding hydrogens is 406 g/mol. The number of hydrogen-bond acceptors (Lipinski definition) is 7. The quantitative estimate of drug-likeness (QED) is 0.460. The van der Waals surface area contributed by atoms with Crippen LogP contribution in [0.4, 0.5) is 5.95 Å². The number of aliphatic hydroxyl groups is 1. The summed E-state index contributed by atoms with van der Waals surface area (Å²) in [7, 11) is 1.92. The average molecular weight is 434 g/mol. The summed E-state index contributed by atoms with van der Waals surface area (Å²) in [4.78, 5) is 8.63. The van der Waals surface area contributed by atoms with Crippen molar-refractivity contribution in [2.24, 2.45) is 7.05 Å². The molecule has 3 heterocycles. The molecular formula is C23H27N7O2. The lowest BCUT2D eigenvalue weighted by molar-refractivity contribution is 0.0667. The first-order valence-corrected chi connectivity index (χ1v) is 10.8. The van der Waals surface area contributed by atoms with Crippen LogP contribution in [0.15, 0.2) is 55.1 Å². The third kappa shape index (κ3) is 4.30. The number of aromatic nitrogens is 5. The molecule has 1 fully saturated rings. The Kier molecular flexibility index (Phi) is 5.74. The van der Waals surface area contributed by atoms with E-state index in [0.717, 1.165) is 59.8 Å². The van der Waals surface area contributed by atoms with Crippen molar-refractivity contribution in [3.63, 3.8) is 0 Å². The molecule has 2 aromatic carbocycles. The van der Waals surface area contributed by atoms with Crippen LogP contribution in [0.3, 0.4) is 0 Å². The number of anilines is 1. The molecule has 0 amide bonds. The predicted octanol–water partition coefficient (Wildman–Crippen LogP) is 1.92. The van der Waals surface area contributed by atoms with Crippen molar-refractivity contribution in [1.29, 1.82) is 0 Å². The fourth-order valence-electron chi connectivity index (χ4n) is 4.24. The lowest BCUT2D eigenvalue weighted by Gasteiger charge is -2.35. The van der Waals surface area contributed by atoms with Crippen LogP contribution in [0.25, 0.3) is 21.9 Å². The molecule has 0 saturated carbocycles. The van der Waals surface area contributed by atoms with Crippen LogP contribution >= 0.6 is 0 Å². The SMILES string of the molecule is Cn1cc(-c2ccc(OCC(O)CN3CCN(c4ncn[nH]4)CC3)c3ccccc23)cn1. The molecule has 1 aliphatic heterocycles. The van der Waals surface area contributed by atoms with Gasteiger partial charge in [0.05, 0.1) is 6.20 Å². The number of piperazine rings is 1. The number of ether oxygens (including phenoxy) is 1. The molecule has 9 heteroatoms. The fourth-order valence-corrected chi connectivity index (χ4v) is 4.24. The number of benzene rings is 2. The van der Waals surface area contributed by atoms with Crippen LogP contribution in [0.1, 0.15) is 0 Å². The number of aliphatic hydroxyl groups excluding tert-OH is 1. The van der Waals surface area contributed by atoms with E-state index in [1.165, 1.54) is 6.33 Å². The molecule has 4 aromatic rings. The standard InChI is InChI=1S/C23H27N7O2/c1-28-13-17(12-26-28)19-6-7-22(21-5-3-2-4-20(19)21)32-15-18(31)14-29-8-10-30(11-9-29)23-24-16-25-27-23/h2-7,12-13,16,18,31H,8-11,14-15H2,1H3,(H,24,25,27). The maximum Gasteiger partial charge on any atom is 0.221 e. The van der Waals surface area contributed by atoms with Gasteiger partial charge in [0.25, 0.3) is 0 Å². The number of fused-ring (bicyclic) bond motifs is 1. The predicted molar refractivity (Wildman–Crippen MR) is 123 cm³/mol. The number of β-amino-alcohol motifs (C(OH)–C–C–N with tert-alkyl or cyclic N) is 1. The number of H-pyrrole nitrogens is 1. The zero-order valence-electron chi connectivity index (χ0n) is 18.1. The maximum atomic E-state index is 10.6. The Hall–Kier alpha value is -3.43. The number of hydrogen-bond donors (Lipinski definition) is 2. The zero-order chi connectivity index (χ0) is 21.9. The van der Waals surface area contributed by atoms with Gasteiger partial charge in [0.2, 0.25) is 5.95 Å². The Morgan fingerprint density at radius 1 is 1.09 bits per heavy atom. The highest BCUT2D eigenvalue weighted by atomic mass is 16.5. The summed E-state index contributed by atoms with van der Waals surface area (Å²) in [5.41, 5.74) is 2.19. The summed E-state index contributed by atoms with van der Waals surface area (Å²) >= 11 is 0. The van der Waals surface area contributed by atoms with E-state index in [1.807, 2.05) is 37.6 Å². The van der Waals surface area contributed by atoms with E-state index < -0.39 is 6.10 Å². The van der Waals surface area contributed by atoms with Gasteiger partial charge >= 0.3 is 0 Å². The van der Waals surface area contributed by atoms with Gasteiger partial charge in [-0.15, -0.1) is 0 Å². The number of aryl methyl sites for hydroxylation is 1. The Morgan fingerprint density at radius 2 is 1.91 bits per heavy atom. The highest BCUT2D eigenvalue weighted by Crippen LogP contribution is 2.34. The number of aromatic amines is 1. The van der Waals surface area contributed by atoms with E-state index in [2.05, 4.69) is 48.3 Å². The molecule has 5 rings (SSSR count). The molecule has 2 N–H and O–H groups in total.